The van der Waals surface area contributed by atoms with Crippen molar-refractivity contribution in [2.45, 2.75) is 111 Å². The Morgan fingerprint density at radius 2 is 1.37 bits per heavy atom. The van der Waals surface area contributed by atoms with Gasteiger partial charge in [0.2, 0.25) is 5.91 Å². The Morgan fingerprint density at radius 1 is 0.778 bits per heavy atom. The predicted molar refractivity (Wildman–Crippen MR) is 118 cm³/mol. The van der Waals surface area contributed by atoms with Crippen molar-refractivity contribution < 1.29 is 9.53 Å². The van der Waals surface area contributed by atoms with E-state index < -0.39 is 0 Å². The largest absolute Gasteiger partial charge is 0.380 e. The number of nitrogens with zero attached hydrogens (tertiary/aromatic N) is 1. The molecule has 1 atom stereocenters. The van der Waals surface area contributed by atoms with E-state index in [1.165, 1.54) is 70.6 Å². The van der Waals surface area contributed by atoms with Gasteiger partial charge in [0.15, 0.2) is 0 Å². The van der Waals surface area contributed by atoms with Gasteiger partial charge in [-0.05, 0) is 25.2 Å². The van der Waals surface area contributed by atoms with E-state index in [9.17, 15) is 4.79 Å². The second-order valence-electron chi connectivity index (χ2n) is 8.42. The van der Waals surface area contributed by atoms with Crippen LogP contribution in [0.1, 0.15) is 111 Å². The summed E-state index contributed by atoms with van der Waals surface area (Å²) >= 11 is 0. The van der Waals surface area contributed by atoms with E-state index in [0.717, 1.165) is 25.4 Å². The highest BCUT2D eigenvalue weighted by Gasteiger charge is 2.16. The number of carbonyl (C=O) groups is 1. The Labute approximate surface area is 170 Å². The summed E-state index contributed by atoms with van der Waals surface area (Å²) in [6.07, 6.45) is 16.5. The first kappa shape index (κ1) is 26.4. The van der Waals surface area contributed by atoms with Crippen LogP contribution in [0.3, 0.4) is 0 Å². The van der Waals surface area contributed by atoms with Crippen LogP contribution in [0.4, 0.5) is 0 Å². The summed E-state index contributed by atoms with van der Waals surface area (Å²) in [5.74, 6) is 1.30. The van der Waals surface area contributed by atoms with Gasteiger partial charge in [-0.25, -0.2) is 0 Å². The molecule has 0 radical (unpaired) electrons. The molecule has 1 unspecified atom stereocenters. The van der Waals surface area contributed by atoms with Gasteiger partial charge >= 0.3 is 0 Å². The van der Waals surface area contributed by atoms with Gasteiger partial charge in [-0.15, -0.1) is 0 Å². The first-order chi connectivity index (χ1) is 13.1. The van der Waals surface area contributed by atoms with E-state index in [1.54, 1.807) is 0 Å². The zero-order valence-corrected chi connectivity index (χ0v) is 19.2. The highest BCUT2D eigenvalue weighted by molar-refractivity contribution is 5.78. The van der Waals surface area contributed by atoms with Crippen LogP contribution in [0, 0.1) is 11.8 Å². The lowest BCUT2D eigenvalue weighted by Gasteiger charge is -2.21. The third-order valence-electron chi connectivity index (χ3n) is 5.69. The highest BCUT2D eigenvalue weighted by atomic mass is 16.5. The molecule has 3 nitrogen and oxygen atoms in total. The average molecular weight is 384 g/mol. The van der Waals surface area contributed by atoms with E-state index in [4.69, 9.17) is 4.74 Å². The maximum atomic E-state index is 12.4. The second-order valence-corrected chi connectivity index (χ2v) is 8.42. The Morgan fingerprint density at radius 3 is 1.96 bits per heavy atom. The van der Waals surface area contributed by atoms with Crippen LogP contribution in [0.5, 0.6) is 0 Å². The highest BCUT2D eigenvalue weighted by Crippen LogP contribution is 2.21. The molecule has 0 saturated carbocycles. The van der Waals surface area contributed by atoms with E-state index in [2.05, 4.69) is 27.7 Å². The van der Waals surface area contributed by atoms with Crippen molar-refractivity contribution in [3.8, 4) is 0 Å². The smallest absolute Gasteiger partial charge is 0.225 e. The molecule has 0 saturated heterocycles. The molecule has 0 rings (SSSR count). The van der Waals surface area contributed by atoms with E-state index >= 15 is 0 Å². The van der Waals surface area contributed by atoms with Crippen LogP contribution in [0.15, 0.2) is 0 Å². The third-order valence-corrected chi connectivity index (χ3v) is 5.69. The van der Waals surface area contributed by atoms with Gasteiger partial charge in [0.25, 0.3) is 0 Å². The fourth-order valence-corrected chi connectivity index (χ4v) is 3.68. The van der Waals surface area contributed by atoms with Crippen molar-refractivity contribution in [3.05, 3.63) is 0 Å². The Balaban J connectivity index is 3.80. The monoisotopic (exact) mass is 383 g/mol. The molecular formula is C24H49NO2. The molecule has 0 fully saturated rings. The summed E-state index contributed by atoms with van der Waals surface area (Å²) in [6, 6.07) is 0. The van der Waals surface area contributed by atoms with Crippen molar-refractivity contribution >= 4 is 5.91 Å². The van der Waals surface area contributed by atoms with Crippen molar-refractivity contribution in [2.24, 2.45) is 11.8 Å². The summed E-state index contributed by atoms with van der Waals surface area (Å²) in [6.45, 7) is 11.1. The molecular weight excluding hydrogens is 334 g/mol. The minimum atomic E-state index is 0.143. The molecule has 0 N–H and O–H groups in total. The number of carbonyl (C=O) groups excluding carboxylic acids is 1. The molecule has 162 valence electrons. The summed E-state index contributed by atoms with van der Waals surface area (Å²) < 4.78 is 5.81. The number of hydrogen-bond acceptors (Lipinski definition) is 2. The second kappa shape index (κ2) is 18.8. The summed E-state index contributed by atoms with van der Waals surface area (Å²) in [5, 5.41) is 0. The summed E-state index contributed by atoms with van der Waals surface area (Å²) in [4.78, 5) is 14.2. The van der Waals surface area contributed by atoms with Gasteiger partial charge in [-0.1, -0.05) is 91.9 Å². The standard InChI is InChI=1S/C24H49NO2/c1-6-9-12-13-15-22(4)24(26)25(5)19-21-27-20-14-18-23(16-10-7-2)17-11-8-3/h22-23H,6-21H2,1-5H3. The number of unbranched alkanes of at least 4 members (excludes halogenated alkanes) is 5. The molecule has 0 aliphatic rings. The quantitative estimate of drug-likeness (QED) is 0.228. The first-order valence-corrected chi connectivity index (χ1v) is 11.9. The van der Waals surface area contributed by atoms with Gasteiger partial charge in [-0.2, -0.15) is 0 Å². The Hall–Kier alpha value is -0.570. The lowest BCUT2D eigenvalue weighted by atomic mass is 9.92. The SMILES string of the molecule is CCCCCCC(C)C(=O)N(C)CCOCCCC(CCCC)CCCC. The number of hydrogen-bond donors (Lipinski definition) is 0. The molecule has 0 spiro atoms. The zero-order chi connectivity index (χ0) is 20.3. The normalized spacial score (nSPS) is 12.5. The Kier molecular flexibility index (Phi) is 18.4. The van der Waals surface area contributed by atoms with Crippen LogP contribution in [0.25, 0.3) is 0 Å². The summed E-state index contributed by atoms with van der Waals surface area (Å²) in [5.41, 5.74) is 0. The molecule has 0 bridgehead atoms. The van der Waals surface area contributed by atoms with Crippen LogP contribution >= 0.6 is 0 Å². The molecule has 0 aliphatic carbocycles. The molecule has 0 aliphatic heterocycles. The molecule has 1 amide bonds. The van der Waals surface area contributed by atoms with Gasteiger partial charge in [-0.3, -0.25) is 4.79 Å². The van der Waals surface area contributed by atoms with Crippen molar-refractivity contribution in [1.29, 1.82) is 0 Å². The molecule has 27 heavy (non-hydrogen) atoms. The molecule has 0 aromatic heterocycles. The zero-order valence-electron chi connectivity index (χ0n) is 19.2. The maximum absolute atomic E-state index is 12.4. The van der Waals surface area contributed by atoms with Crippen LogP contribution < -0.4 is 0 Å². The van der Waals surface area contributed by atoms with Gasteiger partial charge in [0.1, 0.15) is 0 Å². The van der Waals surface area contributed by atoms with Crippen LogP contribution in [0.2, 0.25) is 0 Å². The fourth-order valence-electron chi connectivity index (χ4n) is 3.68. The minimum Gasteiger partial charge on any atom is -0.380 e. The van der Waals surface area contributed by atoms with Crippen molar-refractivity contribution in [2.75, 3.05) is 26.8 Å². The minimum absolute atomic E-state index is 0.143. The maximum Gasteiger partial charge on any atom is 0.225 e. The number of rotatable bonds is 19. The number of likely N-dealkylation sites (N-methyl/N-ethyl adjacent to an activating group) is 1. The molecule has 0 aromatic carbocycles. The van der Waals surface area contributed by atoms with Crippen molar-refractivity contribution in [3.63, 3.8) is 0 Å². The summed E-state index contributed by atoms with van der Waals surface area (Å²) in [7, 11) is 1.92. The van der Waals surface area contributed by atoms with E-state index in [-0.39, 0.29) is 11.8 Å². The number of amides is 1. The third kappa shape index (κ3) is 15.1. The lowest BCUT2D eigenvalue weighted by molar-refractivity contribution is -0.134. The fraction of sp³-hybridized carbons (Fsp3) is 0.958. The van der Waals surface area contributed by atoms with E-state index in [0.29, 0.717) is 13.2 Å². The topological polar surface area (TPSA) is 29.5 Å². The van der Waals surface area contributed by atoms with E-state index in [1.807, 2.05) is 11.9 Å². The molecule has 3 heteroatoms. The van der Waals surface area contributed by atoms with Gasteiger partial charge in [0, 0.05) is 26.1 Å². The van der Waals surface area contributed by atoms with Crippen LogP contribution in [-0.4, -0.2) is 37.6 Å². The first-order valence-electron chi connectivity index (χ1n) is 11.9. The van der Waals surface area contributed by atoms with Crippen molar-refractivity contribution in [1.82, 2.24) is 4.90 Å². The Bertz CT molecular complexity index is 324. The lowest BCUT2D eigenvalue weighted by Crippen LogP contribution is -2.34. The average Bonchev–Trinajstić information content (AvgIpc) is 2.68. The molecule has 0 aromatic rings. The predicted octanol–water partition coefficient (Wildman–Crippen LogP) is 6.84. The number of ether oxygens (including phenoxy) is 1. The van der Waals surface area contributed by atoms with Gasteiger partial charge in [0.05, 0.1) is 6.61 Å². The van der Waals surface area contributed by atoms with Crippen LogP contribution in [-0.2, 0) is 9.53 Å². The molecule has 0 heterocycles. The van der Waals surface area contributed by atoms with Gasteiger partial charge < -0.3 is 9.64 Å².